The molecular weight excluding hydrogens is 399 g/mol. The van der Waals surface area contributed by atoms with E-state index in [9.17, 15) is 4.79 Å². The Hall–Kier alpha value is -0.100. The zero-order chi connectivity index (χ0) is 23.8. The van der Waals surface area contributed by atoms with Crippen LogP contribution in [0.15, 0.2) is 0 Å². The van der Waals surface area contributed by atoms with Gasteiger partial charge in [-0.3, -0.25) is 4.79 Å². The number of carboxylic acids is 1. The van der Waals surface area contributed by atoms with Crippen molar-refractivity contribution < 1.29 is 9.90 Å². The first-order valence-corrected chi connectivity index (χ1v) is 14.7. The number of carbonyl (C=O) groups is 1. The van der Waals surface area contributed by atoms with Gasteiger partial charge in [0.1, 0.15) is 0 Å². The van der Waals surface area contributed by atoms with Gasteiger partial charge in [-0.25, -0.2) is 0 Å². The number of aliphatic carboxylic acids is 1. The Morgan fingerprint density at radius 2 is 1.10 bits per heavy atom. The van der Waals surface area contributed by atoms with Crippen LogP contribution in [0.5, 0.6) is 0 Å². The van der Waals surface area contributed by atoms with Gasteiger partial charge in [0.05, 0.1) is 5.92 Å². The molecule has 0 aliphatic carbocycles. The zero-order valence-corrected chi connectivity index (χ0v) is 23.3. The van der Waals surface area contributed by atoms with Gasteiger partial charge in [0, 0.05) is 0 Å². The largest absolute Gasteiger partial charge is 0.481 e. The minimum Gasteiger partial charge on any atom is -0.481 e. The van der Waals surface area contributed by atoms with Crippen LogP contribution >= 0.6 is 9.24 Å². The molecule has 0 aromatic carbocycles. The second kappa shape index (κ2) is 24.5. The van der Waals surface area contributed by atoms with E-state index in [1.165, 1.54) is 102 Å². The lowest BCUT2D eigenvalue weighted by Crippen LogP contribution is -2.21. The molecule has 0 saturated heterocycles. The van der Waals surface area contributed by atoms with Gasteiger partial charge in [0.2, 0.25) is 0 Å². The summed E-state index contributed by atoms with van der Waals surface area (Å²) in [5, 5.41) is 8.60. The van der Waals surface area contributed by atoms with E-state index in [1.807, 2.05) is 6.92 Å². The third kappa shape index (κ3) is 20.3. The first-order chi connectivity index (χ1) is 15.0. The van der Waals surface area contributed by atoms with Gasteiger partial charge in [-0.2, -0.15) is 0 Å². The lowest BCUT2D eigenvalue weighted by molar-refractivity contribution is -0.142. The smallest absolute Gasteiger partial charge is 0.306 e. The van der Waals surface area contributed by atoms with Crippen LogP contribution in [-0.2, 0) is 4.79 Å². The summed E-state index contributed by atoms with van der Waals surface area (Å²) in [7, 11) is 2.86. The maximum atomic E-state index is 10.4. The first kappa shape index (κ1) is 33.1. The van der Waals surface area contributed by atoms with Crippen molar-refractivity contribution in [1.29, 1.82) is 0 Å². The summed E-state index contributed by atoms with van der Waals surface area (Å²) in [6, 6.07) is 0. The van der Waals surface area contributed by atoms with Gasteiger partial charge in [0.25, 0.3) is 0 Å². The molecule has 0 saturated carbocycles. The van der Waals surface area contributed by atoms with Gasteiger partial charge in [-0.1, -0.05) is 112 Å². The standard InChI is InChI=1S/C20H43P.C8H16O2/c1-4-7-15-20(16-8-5-2,17-9-6-3)18-13-11-10-12-14-19-21;1-3-5-6-7(4-2)8(9)10/h4-19,21H2,1-3H3;7H,3-6H2,1-2H3,(H,9,10). The molecular formula is C28H59O2P. The highest BCUT2D eigenvalue weighted by Gasteiger charge is 2.27. The average molecular weight is 459 g/mol. The molecule has 188 valence electrons. The molecule has 2 atom stereocenters. The highest BCUT2D eigenvalue weighted by atomic mass is 31.0. The fourth-order valence-electron chi connectivity index (χ4n) is 4.53. The van der Waals surface area contributed by atoms with Crippen LogP contribution in [0.4, 0.5) is 0 Å². The van der Waals surface area contributed by atoms with Crippen LogP contribution in [0, 0.1) is 11.3 Å². The number of carboxylic acid groups (broad SMARTS) is 1. The Morgan fingerprint density at radius 1 is 0.677 bits per heavy atom. The second-order valence-electron chi connectivity index (χ2n) is 9.70. The van der Waals surface area contributed by atoms with E-state index in [-0.39, 0.29) is 5.92 Å². The summed E-state index contributed by atoms with van der Waals surface area (Å²) in [4.78, 5) is 10.4. The average Bonchev–Trinajstić information content (AvgIpc) is 2.77. The van der Waals surface area contributed by atoms with Crippen LogP contribution in [0.1, 0.15) is 157 Å². The third-order valence-electron chi connectivity index (χ3n) is 6.84. The Kier molecular flexibility index (Phi) is 26.2. The van der Waals surface area contributed by atoms with E-state index >= 15 is 0 Å². The monoisotopic (exact) mass is 458 g/mol. The van der Waals surface area contributed by atoms with E-state index < -0.39 is 5.97 Å². The number of rotatable bonds is 21. The summed E-state index contributed by atoms with van der Waals surface area (Å²) >= 11 is 0. The Labute approximate surface area is 199 Å². The second-order valence-corrected chi connectivity index (χ2v) is 10.3. The third-order valence-corrected chi connectivity index (χ3v) is 7.25. The molecule has 0 amide bonds. The van der Waals surface area contributed by atoms with Crippen LogP contribution in [0.25, 0.3) is 0 Å². The molecule has 0 heterocycles. The van der Waals surface area contributed by atoms with Gasteiger partial charge in [-0.05, 0) is 56.5 Å². The summed E-state index contributed by atoms with van der Waals surface area (Å²) < 4.78 is 0. The molecule has 0 radical (unpaired) electrons. The van der Waals surface area contributed by atoms with E-state index in [1.54, 1.807) is 0 Å². The summed E-state index contributed by atoms with van der Waals surface area (Å²) in [5.74, 6) is -0.754. The number of hydrogen-bond donors (Lipinski definition) is 1. The normalized spacial score (nSPS) is 12.3. The lowest BCUT2D eigenvalue weighted by atomic mass is 9.71. The summed E-state index contributed by atoms with van der Waals surface area (Å²) in [6.45, 7) is 11.1. The fraction of sp³-hybridized carbons (Fsp3) is 0.964. The van der Waals surface area contributed by atoms with Crippen molar-refractivity contribution in [2.75, 3.05) is 6.16 Å². The Balaban J connectivity index is 0. The van der Waals surface area contributed by atoms with Crippen LogP contribution in [0.3, 0.4) is 0 Å². The molecule has 2 nitrogen and oxygen atoms in total. The van der Waals surface area contributed by atoms with Crippen molar-refractivity contribution in [1.82, 2.24) is 0 Å². The molecule has 31 heavy (non-hydrogen) atoms. The van der Waals surface area contributed by atoms with Gasteiger partial charge in [0.15, 0.2) is 0 Å². The van der Waals surface area contributed by atoms with Gasteiger partial charge in [-0.15, -0.1) is 9.24 Å². The van der Waals surface area contributed by atoms with E-state index in [0.717, 1.165) is 25.7 Å². The van der Waals surface area contributed by atoms with Crippen LogP contribution in [-0.4, -0.2) is 17.2 Å². The Bertz CT molecular complexity index is 348. The van der Waals surface area contributed by atoms with E-state index in [2.05, 4.69) is 36.9 Å². The minimum absolute atomic E-state index is 0.111. The molecule has 0 fully saturated rings. The quantitative estimate of drug-likeness (QED) is 0.137. The minimum atomic E-state index is -0.643. The molecule has 0 aromatic heterocycles. The van der Waals surface area contributed by atoms with Gasteiger partial charge < -0.3 is 5.11 Å². The van der Waals surface area contributed by atoms with Crippen molar-refractivity contribution >= 4 is 15.2 Å². The maximum Gasteiger partial charge on any atom is 0.306 e. The molecule has 3 heteroatoms. The first-order valence-electron chi connectivity index (χ1n) is 13.9. The zero-order valence-electron chi connectivity index (χ0n) is 22.2. The molecule has 0 aliphatic heterocycles. The molecule has 0 spiro atoms. The lowest BCUT2D eigenvalue weighted by Gasteiger charge is -2.35. The van der Waals surface area contributed by atoms with Crippen molar-refractivity contribution in [3.8, 4) is 0 Å². The molecule has 0 aromatic rings. The topological polar surface area (TPSA) is 37.3 Å². The molecule has 0 aliphatic rings. The van der Waals surface area contributed by atoms with Crippen molar-refractivity contribution in [2.24, 2.45) is 11.3 Å². The van der Waals surface area contributed by atoms with Gasteiger partial charge >= 0.3 is 5.97 Å². The Morgan fingerprint density at radius 3 is 1.48 bits per heavy atom. The van der Waals surface area contributed by atoms with Crippen molar-refractivity contribution in [3.63, 3.8) is 0 Å². The van der Waals surface area contributed by atoms with Crippen molar-refractivity contribution in [2.45, 2.75) is 157 Å². The van der Waals surface area contributed by atoms with Crippen LogP contribution < -0.4 is 0 Å². The highest BCUT2D eigenvalue weighted by Crippen LogP contribution is 2.41. The molecule has 0 bridgehead atoms. The SMILES string of the molecule is CCCCC(CC)C(=O)O.CCCCC(CCCC)(CCCC)CCCCCCCP. The van der Waals surface area contributed by atoms with E-state index in [4.69, 9.17) is 5.11 Å². The predicted octanol–water partition coefficient (Wildman–Crippen LogP) is 10.0. The van der Waals surface area contributed by atoms with E-state index in [0.29, 0.717) is 5.41 Å². The summed E-state index contributed by atoms with van der Waals surface area (Å²) in [5.41, 5.74) is 0.697. The fourth-order valence-corrected chi connectivity index (χ4v) is 4.82. The maximum absolute atomic E-state index is 10.4. The number of hydrogen-bond acceptors (Lipinski definition) is 1. The van der Waals surface area contributed by atoms with Crippen LogP contribution in [0.2, 0.25) is 0 Å². The molecule has 1 N–H and O–H groups in total. The predicted molar refractivity (Wildman–Crippen MR) is 144 cm³/mol. The molecule has 0 rings (SSSR count). The van der Waals surface area contributed by atoms with Crippen molar-refractivity contribution in [3.05, 3.63) is 0 Å². The molecule has 2 unspecified atom stereocenters. The summed E-state index contributed by atoms with van der Waals surface area (Å²) in [6.07, 6.45) is 26.7. The number of unbranched alkanes of at least 4 members (excludes halogenated alkanes) is 8. The highest BCUT2D eigenvalue weighted by molar-refractivity contribution is 7.16.